The molecule has 0 aromatic carbocycles. The van der Waals surface area contributed by atoms with Gasteiger partial charge in [-0.15, -0.1) is 10.2 Å². The molecule has 0 aliphatic carbocycles. The molecule has 1 N–H and O–H groups in total. The zero-order valence-corrected chi connectivity index (χ0v) is 9.81. The van der Waals surface area contributed by atoms with Crippen molar-refractivity contribution in [2.45, 2.75) is 13.3 Å². The molecule has 0 bridgehead atoms. The summed E-state index contributed by atoms with van der Waals surface area (Å²) in [7, 11) is 0. The van der Waals surface area contributed by atoms with E-state index >= 15 is 0 Å². The van der Waals surface area contributed by atoms with Gasteiger partial charge in [0.15, 0.2) is 0 Å². The number of carbonyl (C=O) groups excluding carboxylic acids is 1. The van der Waals surface area contributed by atoms with E-state index in [9.17, 15) is 4.79 Å². The maximum Gasteiger partial charge on any atom is 0.317 e. The lowest BCUT2D eigenvalue weighted by Gasteiger charge is -2.26. The number of amides is 2. The molecule has 2 amide bonds. The summed E-state index contributed by atoms with van der Waals surface area (Å²) in [4.78, 5) is 13.4. The Kier molecular flexibility index (Phi) is 3.92. The first-order valence-electron chi connectivity index (χ1n) is 5.65. The smallest absolute Gasteiger partial charge is 0.317 e. The first kappa shape index (κ1) is 11.8. The van der Waals surface area contributed by atoms with Gasteiger partial charge in [0.25, 0.3) is 0 Å². The maximum absolute atomic E-state index is 11.7. The zero-order chi connectivity index (χ0) is 12.1. The molecular weight excluding hydrogens is 224 g/mol. The molecule has 1 aliphatic heterocycles. The topological polar surface area (TPSA) is 80.5 Å². The van der Waals surface area contributed by atoms with Crippen LogP contribution in [0.25, 0.3) is 0 Å². The Labute approximate surface area is 99.1 Å². The number of nitrogens with zero attached hydrogens (tertiary/aromatic N) is 3. The summed E-state index contributed by atoms with van der Waals surface area (Å²) in [5, 5.41) is 10.4. The van der Waals surface area contributed by atoms with Crippen molar-refractivity contribution in [2.75, 3.05) is 32.8 Å². The number of hydrogen-bond acceptors (Lipinski definition) is 5. The van der Waals surface area contributed by atoms with Gasteiger partial charge in [0.05, 0.1) is 13.2 Å². The highest BCUT2D eigenvalue weighted by atomic mass is 16.5. The predicted molar refractivity (Wildman–Crippen MR) is 58.5 cm³/mol. The number of morpholine rings is 1. The van der Waals surface area contributed by atoms with Crippen LogP contribution in [0.5, 0.6) is 0 Å². The molecule has 1 saturated heterocycles. The van der Waals surface area contributed by atoms with Gasteiger partial charge in [-0.25, -0.2) is 4.79 Å². The summed E-state index contributed by atoms with van der Waals surface area (Å²) in [5.74, 6) is 1.09. The Morgan fingerprint density at radius 2 is 2.18 bits per heavy atom. The van der Waals surface area contributed by atoms with Crippen LogP contribution in [0.1, 0.15) is 11.8 Å². The van der Waals surface area contributed by atoms with E-state index in [-0.39, 0.29) is 6.03 Å². The second-order valence-electron chi connectivity index (χ2n) is 3.80. The van der Waals surface area contributed by atoms with Crippen LogP contribution in [0.15, 0.2) is 4.42 Å². The third-order valence-electron chi connectivity index (χ3n) is 2.48. The zero-order valence-electron chi connectivity index (χ0n) is 9.81. The van der Waals surface area contributed by atoms with Gasteiger partial charge in [-0.3, -0.25) is 0 Å². The number of hydrogen-bond donors (Lipinski definition) is 1. The Hall–Kier alpha value is -1.63. The van der Waals surface area contributed by atoms with Crippen molar-refractivity contribution in [3.8, 4) is 0 Å². The fourth-order valence-electron chi connectivity index (χ4n) is 1.59. The number of ether oxygens (including phenoxy) is 1. The Bertz CT molecular complexity index is 373. The summed E-state index contributed by atoms with van der Waals surface area (Å²) >= 11 is 0. The fraction of sp³-hybridized carbons (Fsp3) is 0.700. The fourth-order valence-corrected chi connectivity index (χ4v) is 1.59. The van der Waals surface area contributed by atoms with Gasteiger partial charge in [0.2, 0.25) is 11.8 Å². The molecule has 1 aromatic rings. The van der Waals surface area contributed by atoms with Gasteiger partial charge < -0.3 is 19.4 Å². The van der Waals surface area contributed by atoms with Gasteiger partial charge in [-0.05, 0) is 0 Å². The summed E-state index contributed by atoms with van der Waals surface area (Å²) in [6, 6.07) is -0.0652. The molecule has 7 heteroatoms. The van der Waals surface area contributed by atoms with E-state index < -0.39 is 0 Å². The van der Waals surface area contributed by atoms with Crippen molar-refractivity contribution in [1.29, 1.82) is 0 Å². The minimum absolute atomic E-state index is 0.0652. The lowest BCUT2D eigenvalue weighted by molar-refractivity contribution is 0.0532. The third-order valence-corrected chi connectivity index (χ3v) is 2.48. The molecule has 1 aromatic heterocycles. The monoisotopic (exact) mass is 240 g/mol. The van der Waals surface area contributed by atoms with Crippen molar-refractivity contribution in [3.63, 3.8) is 0 Å². The van der Waals surface area contributed by atoms with Crippen molar-refractivity contribution in [1.82, 2.24) is 20.4 Å². The number of aryl methyl sites for hydroxylation is 1. The van der Waals surface area contributed by atoms with E-state index in [1.165, 1.54) is 0 Å². The maximum atomic E-state index is 11.7. The summed E-state index contributed by atoms with van der Waals surface area (Å²) in [6.45, 7) is 4.74. The van der Waals surface area contributed by atoms with Crippen LogP contribution >= 0.6 is 0 Å². The third kappa shape index (κ3) is 3.42. The highest BCUT2D eigenvalue weighted by Gasteiger charge is 2.16. The minimum atomic E-state index is -0.0652. The summed E-state index contributed by atoms with van der Waals surface area (Å²) in [6.07, 6.45) is 0.552. The number of rotatable bonds is 3. The van der Waals surface area contributed by atoms with Crippen molar-refractivity contribution in [3.05, 3.63) is 11.8 Å². The molecule has 0 atom stereocenters. The van der Waals surface area contributed by atoms with Crippen LogP contribution in [-0.4, -0.2) is 54.0 Å². The molecule has 0 unspecified atom stereocenters. The second kappa shape index (κ2) is 5.62. The molecule has 17 heavy (non-hydrogen) atoms. The summed E-state index contributed by atoms with van der Waals surface area (Å²) < 4.78 is 10.4. The molecular formula is C10H16N4O3. The molecule has 0 spiro atoms. The van der Waals surface area contributed by atoms with Crippen LogP contribution in [0.2, 0.25) is 0 Å². The molecule has 1 aliphatic rings. The standard InChI is InChI=1S/C10H16N4O3/c1-8-12-13-9(17-8)2-3-11-10(15)14-4-6-16-7-5-14/h2-7H2,1H3,(H,11,15). The van der Waals surface area contributed by atoms with Gasteiger partial charge in [0.1, 0.15) is 0 Å². The predicted octanol–water partition coefficient (Wildman–Crippen LogP) is -0.0377. The lowest BCUT2D eigenvalue weighted by Crippen LogP contribution is -2.46. The largest absolute Gasteiger partial charge is 0.426 e. The molecule has 0 radical (unpaired) electrons. The van der Waals surface area contributed by atoms with E-state index in [2.05, 4.69) is 15.5 Å². The van der Waals surface area contributed by atoms with Gasteiger partial charge in [-0.2, -0.15) is 0 Å². The first-order valence-corrected chi connectivity index (χ1v) is 5.65. The quantitative estimate of drug-likeness (QED) is 0.802. The van der Waals surface area contributed by atoms with Crippen LogP contribution < -0.4 is 5.32 Å². The molecule has 0 saturated carbocycles. The van der Waals surface area contributed by atoms with Crippen LogP contribution in [0.4, 0.5) is 4.79 Å². The van der Waals surface area contributed by atoms with Gasteiger partial charge >= 0.3 is 6.03 Å². The van der Waals surface area contributed by atoms with Crippen LogP contribution in [0.3, 0.4) is 0 Å². The van der Waals surface area contributed by atoms with Gasteiger partial charge in [0, 0.05) is 33.0 Å². The SMILES string of the molecule is Cc1nnc(CCNC(=O)N2CCOCC2)o1. The molecule has 1 fully saturated rings. The molecule has 2 rings (SSSR count). The number of urea groups is 1. The highest BCUT2D eigenvalue weighted by Crippen LogP contribution is 1.99. The van der Waals surface area contributed by atoms with E-state index in [1.54, 1.807) is 11.8 Å². The summed E-state index contributed by atoms with van der Waals surface area (Å²) in [5.41, 5.74) is 0. The minimum Gasteiger partial charge on any atom is -0.426 e. The van der Waals surface area contributed by atoms with E-state index in [4.69, 9.17) is 9.15 Å². The average molecular weight is 240 g/mol. The van der Waals surface area contributed by atoms with Crippen LogP contribution in [-0.2, 0) is 11.2 Å². The van der Waals surface area contributed by atoms with E-state index in [1.807, 2.05) is 0 Å². The highest BCUT2D eigenvalue weighted by molar-refractivity contribution is 5.74. The average Bonchev–Trinajstić information content (AvgIpc) is 2.76. The Morgan fingerprint density at radius 3 is 2.82 bits per heavy atom. The van der Waals surface area contributed by atoms with E-state index in [0.29, 0.717) is 51.1 Å². The molecule has 2 heterocycles. The Balaban J connectivity index is 1.69. The second-order valence-corrected chi connectivity index (χ2v) is 3.80. The normalized spacial score (nSPS) is 15.9. The number of carbonyl (C=O) groups is 1. The van der Waals surface area contributed by atoms with Crippen molar-refractivity contribution >= 4 is 6.03 Å². The van der Waals surface area contributed by atoms with Crippen molar-refractivity contribution < 1.29 is 13.9 Å². The number of aromatic nitrogens is 2. The number of nitrogens with one attached hydrogen (secondary N) is 1. The van der Waals surface area contributed by atoms with E-state index in [0.717, 1.165) is 0 Å². The van der Waals surface area contributed by atoms with Crippen molar-refractivity contribution in [2.24, 2.45) is 0 Å². The first-order chi connectivity index (χ1) is 8.25. The van der Waals surface area contributed by atoms with Gasteiger partial charge in [-0.1, -0.05) is 0 Å². The lowest BCUT2D eigenvalue weighted by atomic mass is 10.4. The van der Waals surface area contributed by atoms with Crippen LogP contribution in [0, 0.1) is 6.92 Å². The Morgan fingerprint density at radius 1 is 1.41 bits per heavy atom. The molecule has 94 valence electrons. The molecule has 7 nitrogen and oxygen atoms in total.